The van der Waals surface area contributed by atoms with Crippen molar-refractivity contribution >= 4 is 17.8 Å². The van der Waals surface area contributed by atoms with Crippen LogP contribution in [0.25, 0.3) is 0 Å². The van der Waals surface area contributed by atoms with Gasteiger partial charge < -0.3 is 9.84 Å². The molecule has 0 radical (unpaired) electrons. The molecule has 0 saturated heterocycles. The van der Waals surface area contributed by atoms with Crippen LogP contribution in [-0.4, -0.2) is 29.0 Å². The first kappa shape index (κ1) is 21.4. The van der Waals surface area contributed by atoms with Crippen LogP contribution in [0.4, 0.5) is 0 Å². The standard InChI is InChI=1S/C24H30N2O5/c1-13(2)19-17-11-12-18(19)21(24(29)30)20(17)23(28)26-25-22(27)14-7-9-16(10-8-14)31-15-5-3-4-6-15/h7-10,15,17-18,20-21H,3-6,11-12H2,1-2H3,(H,25,27)(H,26,28)(H,29,30)/t17-,18-,20+,21+/m1/s1. The number of hydrogen-bond donors (Lipinski definition) is 3. The summed E-state index contributed by atoms with van der Waals surface area (Å²) in [5.74, 6) is -2.67. The molecule has 4 rings (SSSR count). The van der Waals surface area contributed by atoms with Crippen LogP contribution in [0.5, 0.6) is 5.75 Å². The molecule has 166 valence electrons. The van der Waals surface area contributed by atoms with Crippen molar-refractivity contribution in [3.63, 3.8) is 0 Å². The summed E-state index contributed by atoms with van der Waals surface area (Å²) in [5.41, 5.74) is 7.51. The van der Waals surface area contributed by atoms with Gasteiger partial charge in [-0.3, -0.25) is 25.2 Å². The molecular weight excluding hydrogens is 396 g/mol. The van der Waals surface area contributed by atoms with E-state index in [4.69, 9.17) is 4.74 Å². The molecule has 2 bridgehead atoms. The second-order valence-electron chi connectivity index (χ2n) is 9.13. The fraction of sp³-hybridized carbons (Fsp3) is 0.542. The zero-order chi connectivity index (χ0) is 22.1. The molecule has 31 heavy (non-hydrogen) atoms. The minimum Gasteiger partial charge on any atom is -0.490 e. The number of benzene rings is 1. The fourth-order valence-electron chi connectivity index (χ4n) is 5.76. The van der Waals surface area contributed by atoms with Gasteiger partial charge in [0.1, 0.15) is 5.75 Å². The molecule has 3 saturated carbocycles. The number of allylic oxidation sites excluding steroid dienone is 2. The molecule has 1 aromatic rings. The first-order chi connectivity index (χ1) is 14.9. The average molecular weight is 427 g/mol. The number of aliphatic carboxylic acids is 1. The summed E-state index contributed by atoms with van der Waals surface area (Å²) in [4.78, 5) is 37.2. The zero-order valence-electron chi connectivity index (χ0n) is 18.0. The lowest BCUT2D eigenvalue weighted by atomic mass is 9.79. The molecule has 0 aliphatic heterocycles. The van der Waals surface area contributed by atoms with Crippen LogP contribution in [0, 0.1) is 23.7 Å². The molecule has 3 fully saturated rings. The maximum Gasteiger partial charge on any atom is 0.307 e. The van der Waals surface area contributed by atoms with E-state index in [1.165, 1.54) is 12.8 Å². The van der Waals surface area contributed by atoms with E-state index >= 15 is 0 Å². The van der Waals surface area contributed by atoms with Gasteiger partial charge in [-0.05, 0) is 88.5 Å². The van der Waals surface area contributed by atoms with Crippen molar-refractivity contribution in [3.05, 3.63) is 41.0 Å². The third kappa shape index (κ3) is 4.18. The van der Waals surface area contributed by atoms with Crippen LogP contribution < -0.4 is 15.6 Å². The molecule has 0 unspecified atom stereocenters. The van der Waals surface area contributed by atoms with Crippen molar-refractivity contribution in [2.24, 2.45) is 23.7 Å². The van der Waals surface area contributed by atoms with Crippen molar-refractivity contribution in [2.75, 3.05) is 0 Å². The molecule has 3 aliphatic rings. The third-order valence-electron chi connectivity index (χ3n) is 7.03. The molecule has 0 aromatic heterocycles. The Balaban J connectivity index is 1.37. The van der Waals surface area contributed by atoms with Gasteiger partial charge in [0.2, 0.25) is 5.91 Å². The van der Waals surface area contributed by atoms with E-state index in [1.54, 1.807) is 24.3 Å². The van der Waals surface area contributed by atoms with Gasteiger partial charge in [0.05, 0.1) is 17.9 Å². The average Bonchev–Trinajstić information content (AvgIpc) is 3.47. The molecule has 4 atom stereocenters. The summed E-state index contributed by atoms with van der Waals surface area (Å²) in [6, 6.07) is 6.83. The number of carbonyl (C=O) groups is 3. The van der Waals surface area contributed by atoms with E-state index in [1.807, 2.05) is 13.8 Å². The minimum absolute atomic E-state index is 0.0694. The Bertz CT molecular complexity index is 897. The number of ether oxygens (including phenoxy) is 1. The number of nitrogens with one attached hydrogen (secondary N) is 2. The molecule has 1 aromatic carbocycles. The summed E-state index contributed by atoms with van der Waals surface area (Å²) in [6.07, 6.45) is 6.34. The number of hydrogen-bond acceptors (Lipinski definition) is 4. The molecular formula is C24H30N2O5. The van der Waals surface area contributed by atoms with Gasteiger partial charge in [0.25, 0.3) is 5.91 Å². The first-order valence-electron chi connectivity index (χ1n) is 11.1. The number of fused-ring (bicyclic) bond motifs is 2. The monoisotopic (exact) mass is 426 g/mol. The molecule has 3 N–H and O–H groups in total. The summed E-state index contributed by atoms with van der Waals surface area (Å²) < 4.78 is 5.91. The quantitative estimate of drug-likeness (QED) is 0.494. The molecule has 0 spiro atoms. The molecule has 7 nitrogen and oxygen atoms in total. The normalized spacial score (nSPS) is 27.2. The highest BCUT2D eigenvalue weighted by Crippen LogP contribution is 2.57. The maximum absolute atomic E-state index is 12.9. The molecule has 2 amide bonds. The van der Waals surface area contributed by atoms with Crippen LogP contribution in [0.15, 0.2) is 35.4 Å². The van der Waals surface area contributed by atoms with Crippen LogP contribution in [-0.2, 0) is 9.59 Å². The van der Waals surface area contributed by atoms with Crippen molar-refractivity contribution in [2.45, 2.75) is 58.5 Å². The summed E-state index contributed by atoms with van der Waals surface area (Å²) in [7, 11) is 0. The number of carboxylic acids is 1. The Morgan fingerprint density at radius 1 is 0.903 bits per heavy atom. The number of hydrazine groups is 1. The Labute approximate surface area is 182 Å². The topological polar surface area (TPSA) is 105 Å². The Morgan fingerprint density at radius 3 is 2.10 bits per heavy atom. The minimum atomic E-state index is -0.949. The smallest absolute Gasteiger partial charge is 0.307 e. The van der Waals surface area contributed by atoms with Crippen LogP contribution >= 0.6 is 0 Å². The van der Waals surface area contributed by atoms with Gasteiger partial charge in [-0.25, -0.2) is 0 Å². The Hall–Kier alpha value is -2.83. The third-order valence-corrected chi connectivity index (χ3v) is 7.03. The lowest BCUT2D eigenvalue weighted by molar-refractivity contribution is -0.149. The van der Waals surface area contributed by atoms with Gasteiger partial charge in [-0.15, -0.1) is 0 Å². The van der Waals surface area contributed by atoms with Crippen molar-refractivity contribution in [1.82, 2.24) is 10.9 Å². The highest BCUT2D eigenvalue weighted by Gasteiger charge is 2.57. The second kappa shape index (κ2) is 8.73. The van der Waals surface area contributed by atoms with Gasteiger partial charge in [-0.2, -0.15) is 0 Å². The van der Waals surface area contributed by atoms with E-state index in [0.29, 0.717) is 5.56 Å². The van der Waals surface area contributed by atoms with Crippen LogP contribution in [0.1, 0.15) is 62.7 Å². The SMILES string of the molecule is CC(C)=C1[C@H]2CC[C@H]1[C@H](C(=O)NNC(=O)c1ccc(OC3CCCC3)cc1)[C@H]2C(=O)O. The number of rotatable bonds is 5. The number of carboxylic acid groups (broad SMARTS) is 1. The molecule has 0 heterocycles. The van der Waals surface area contributed by atoms with Crippen molar-refractivity contribution < 1.29 is 24.2 Å². The predicted octanol–water partition coefficient (Wildman–Crippen LogP) is 3.46. The Morgan fingerprint density at radius 2 is 1.52 bits per heavy atom. The van der Waals surface area contributed by atoms with Gasteiger partial charge in [-0.1, -0.05) is 11.1 Å². The first-order valence-corrected chi connectivity index (χ1v) is 11.1. The van der Waals surface area contributed by atoms with Crippen LogP contribution in [0.2, 0.25) is 0 Å². The van der Waals surface area contributed by atoms with E-state index in [2.05, 4.69) is 10.9 Å². The van der Waals surface area contributed by atoms with Gasteiger partial charge >= 0.3 is 5.97 Å². The summed E-state index contributed by atoms with van der Waals surface area (Å²) in [5, 5.41) is 9.74. The lowest BCUT2D eigenvalue weighted by Crippen LogP contribution is -2.48. The summed E-state index contributed by atoms with van der Waals surface area (Å²) >= 11 is 0. The number of carbonyl (C=O) groups excluding carboxylic acids is 2. The Kier molecular flexibility index (Phi) is 6.03. The van der Waals surface area contributed by atoms with Gasteiger partial charge in [0, 0.05) is 5.56 Å². The van der Waals surface area contributed by atoms with Crippen LogP contribution in [0.3, 0.4) is 0 Å². The van der Waals surface area contributed by atoms with E-state index < -0.39 is 29.6 Å². The van der Waals surface area contributed by atoms with E-state index in [-0.39, 0.29) is 17.9 Å². The molecule has 3 aliphatic carbocycles. The molecule has 7 heteroatoms. The predicted molar refractivity (Wildman–Crippen MR) is 114 cm³/mol. The zero-order valence-corrected chi connectivity index (χ0v) is 18.0. The second-order valence-corrected chi connectivity index (χ2v) is 9.13. The van der Waals surface area contributed by atoms with E-state index in [0.717, 1.165) is 42.6 Å². The van der Waals surface area contributed by atoms with Crippen molar-refractivity contribution in [3.8, 4) is 5.75 Å². The largest absolute Gasteiger partial charge is 0.490 e. The summed E-state index contributed by atoms with van der Waals surface area (Å²) in [6.45, 7) is 3.95. The highest BCUT2D eigenvalue weighted by molar-refractivity contribution is 5.96. The van der Waals surface area contributed by atoms with E-state index in [9.17, 15) is 19.5 Å². The number of amides is 2. The van der Waals surface area contributed by atoms with Crippen molar-refractivity contribution in [1.29, 1.82) is 0 Å². The van der Waals surface area contributed by atoms with Gasteiger partial charge in [0.15, 0.2) is 0 Å². The fourth-order valence-corrected chi connectivity index (χ4v) is 5.76. The lowest BCUT2D eigenvalue weighted by Gasteiger charge is -2.26. The highest BCUT2D eigenvalue weighted by atomic mass is 16.5. The maximum atomic E-state index is 12.9.